The van der Waals surface area contributed by atoms with Gasteiger partial charge in [0.15, 0.2) is 11.4 Å². The minimum absolute atomic E-state index is 0.125. The number of rotatable bonds is 3. The van der Waals surface area contributed by atoms with Crippen LogP contribution < -0.4 is 5.73 Å². The van der Waals surface area contributed by atoms with Crippen LogP contribution in [0.25, 0.3) is 11.0 Å². The lowest BCUT2D eigenvalue weighted by Gasteiger charge is -2.23. The number of furan rings is 1. The van der Waals surface area contributed by atoms with Gasteiger partial charge in [0.25, 0.3) is 0 Å². The SMILES string of the molecule is NC(CC1CCSCC1)c1cc2cccc(F)c2o1. The Labute approximate surface area is 116 Å². The predicted molar refractivity (Wildman–Crippen MR) is 77.8 cm³/mol. The van der Waals surface area contributed by atoms with Crippen LogP contribution in [0.4, 0.5) is 4.39 Å². The van der Waals surface area contributed by atoms with Crippen molar-refractivity contribution in [1.29, 1.82) is 0 Å². The van der Waals surface area contributed by atoms with E-state index in [2.05, 4.69) is 0 Å². The van der Waals surface area contributed by atoms with Gasteiger partial charge in [-0.15, -0.1) is 0 Å². The smallest absolute Gasteiger partial charge is 0.169 e. The minimum atomic E-state index is -0.315. The second-order valence-corrected chi connectivity index (χ2v) is 6.43. The van der Waals surface area contributed by atoms with E-state index in [9.17, 15) is 4.39 Å². The summed E-state index contributed by atoms with van der Waals surface area (Å²) in [5.41, 5.74) is 6.54. The first-order valence-electron chi connectivity index (χ1n) is 6.75. The highest BCUT2D eigenvalue weighted by Gasteiger charge is 2.20. The highest BCUT2D eigenvalue weighted by atomic mass is 32.2. The lowest BCUT2D eigenvalue weighted by atomic mass is 9.93. The topological polar surface area (TPSA) is 39.2 Å². The Morgan fingerprint density at radius 1 is 1.37 bits per heavy atom. The molecule has 0 aliphatic carbocycles. The second-order valence-electron chi connectivity index (χ2n) is 5.20. The summed E-state index contributed by atoms with van der Waals surface area (Å²) in [7, 11) is 0. The Balaban J connectivity index is 1.77. The highest BCUT2D eigenvalue weighted by molar-refractivity contribution is 7.99. The normalized spacial score (nSPS) is 18.8. The van der Waals surface area contributed by atoms with E-state index in [4.69, 9.17) is 10.2 Å². The average molecular weight is 279 g/mol. The fourth-order valence-electron chi connectivity index (χ4n) is 2.69. The molecule has 19 heavy (non-hydrogen) atoms. The monoisotopic (exact) mass is 279 g/mol. The average Bonchev–Trinajstić information content (AvgIpc) is 2.85. The van der Waals surface area contributed by atoms with Gasteiger partial charge in [0.2, 0.25) is 0 Å². The van der Waals surface area contributed by atoms with Gasteiger partial charge < -0.3 is 10.2 Å². The zero-order chi connectivity index (χ0) is 13.2. The van der Waals surface area contributed by atoms with E-state index < -0.39 is 0 Å². The van der Waals surface area contributed by atoms with E-state index in [0.717, 1.165) is 11.8 Å². The van der Waals surface area contributed by atoms with Crippen LogP contribution in [-0.2, 0) is 0 Å². The van der Waals surface area contributed by atoms with Gasteiger partial charge in [0.1, 0.15) is 5.76 Å². The standard InChI is InChI=1S/C15H18FNOS/c16-12-3-1-2-11-9-14(18-15(11)12)13(17)8-10-4-6-19-7-5-10/h1-3,9-10,13H,4-8,17H2. The van der Waals surface area contributed by atoms with Gasteiger partial charge in [-0.25, -0.2) is 4.39 Å². The van der Waals surface area contributed by atoms with Crippen molar-refractivity contribution in [2.24, 2.45) is 11.7 Å². The van der Waals surface area contributed by atoms with Gasteiger partial charge in [0, 0.05) is 5.39 Å². The van der Waals surface area contributed by atoms with Gasteiger partial charge in [-0.3, -0.25) is 0 Å². The van der Waals surface area contributed by atoms with Crippen molar-refractivity contribution in [3.63, 3.8) is 0 Å². The van der Waals surface area contributed by atoms with E-state index in [-0.39, 0.29) is 11.9 Å². The molecule has 1 aliphatic rings. The molecule has 0 bridgehead atoms. The molecule has 1 aromatic heterocycles. The maximum atomic E-state index is 13.6. The molecule has 0 amide bonds. The summed E-state index contributed by atoms with van der Waals surface area (Å²) in [6.45, 7) is 0. The number of para-hydroxylation sites is 1. The van der Waals surface area contributed by atoms with Crippen molar-refractivity contribution in [3.05, 3.63) is 35.8 Å². The van der Waals surface area contributed by atoms with Crippen LogP contribution in [0.1, 0.15) is 31.1 Å². The van der Waals surface area contributed by atoms with Crippen LogP contribution in [0.2, 0.25) is 0 Å². The molecule has 1 aliphatic heterocycles. The summed E-state index contributed by atoms with van der Waals surface area (Å²) >= 11 is 2.01. The Hall–Kier alpha value is -1.00. The van der Waals surface area contributed by atoms with Crippen molar-refractivity contribution < 1.29 is 8.81 Å². The number of benzene rings is 1. The summed E-state index contributed by atoms with van der Waals surface area (Å²) in [4.78, 5) is 0. The molecule has 1 atom stereocenters. The van der Waals surface area contributed by atoms with Crippen LogP contribution in [0.3, 0.4) is 0 Å². The van der Waals surface area contributed by atoms with E-state index in [0.29, 0.717) is 17.3 Å². The molecule has 3 rings (SSSR count). The molecule has 1 saturated heterocycles. The predicted octanol–water partition coefficient (Wildman–Crippen LogP) is 4.11. The van der Waals surface area contributed by atoms with Crippen molar-refractivity contribution >= 4 is 22.7 Å². The molecule has 1 fully saturated rings. The summed E-state index contributed by atoms with van der Waals surface area (Å²) in [6, 6.07) is 6.72. The molecule has 1 aromatic carbocycles. The van der Waals surface area contributed by atoms with Gasteiger partial charge in [-0.1, -0.05) is 12.1 Å². The first kappa shape index (κ1) is 13.0. The lowest BCUT2D eigenvalue weighted by molar-refractivity contribution is 0.376. The van der Waals surface area contributed by atoms with Crippen molar-refractivity contribution in [1.82, 2.24) is 0 Å². The largest absolute Gasteiger partial charge is 0.456 e. The molecule has 2 nitrogen and oxygen atoms in total. The molecule has 0 spiro atoms. The molecule has 2 aromatic rings. The number of halogens is 1. The van der Waals surface area contributed by atoms with E-state index in [1.54, 1.807) is 6.07 Å². The summed E-state index contributed by atoms with van der Waals surface area (Å²) in [5, 5.41) is 0.796. The number of fused-ring (bicyclic) bond motifs is 1. The zero-order valence-corrected chi connectivity index (χ0v) is 11.6. The third kappa shape index (κ3) is 2.79. The van der Waals surface area contributed by atoms with Crippen molar-refractivity contribution in [2.45, 2.75) is 25.3 Å². The molecule has 4 heteroatoms. The van der Waals surface area contributed by atoms with Crippen LogP contribution in [-0.4, -0.2) is 11.5 Å². The molecule has 0 saturated carbocycles. The van der Waals surface area contributed by atoms with Crippen LogP contribution >= 0.6 is 11.8 Å². The third-order valence-electron chi connectivity index (χ3n) is 3.81. The Morgan fingerprint density at radius 2 is 2.16 bits per heavy atom. The summed E-state index contributed by atoms with van der Waals surface area (Å²) < 4.78 is 19.2. The Kier molecular flexibility index (Phi) is 3.80. The first-order valence-corrected chi connectivity index (χ1v) is 7.91. The van der Waals surface area contributed by atoms with Crippen molar-refractivity contribution in [3.8, 4) is 0 Å². The maximum absolute atomic E-state index is 13.6. The molecule has 2 heterocycles. The number of thioether (sulfide) groups is 1. The minimum Gasteiger partial charge on any atom is -0.456 e. The fraction of sp³-hybridized carbons (Fsp3) is 0.467. The first-order chi connectivity index (χ1) is 9.24. The molecular weight excluding hydrogens is 261 g/mol. The van der Waals surface area contributed by atoms with E-state index in [1.807, 2.05) is 23.9 Å². The van der Waals surface area contributed by atoms with Crippen LogP contribution in [0.15, 0.2) is 28.7 Å². The Bertz CT molecular complexity index is 562. The zero-order valence-electron chi connectivity index (χ0n) is 10.8. The summed E-state index contributed by atoms with van der Waals surface area (Å²) in [5.74, 6) is 3.52. The fourth-order valence-corrected chi connectivity index (χ4v) is 3.89. The van der Waals surface area contributed by atoms with Gasteiger partial charge in [-0.2, -0.15) is 11.8 Å². The van der Waals surface area contributed by atoms with Crippen LogP contribution in [0.5, 0.6) is 0 Å². The van der Waals surface area contributed by atoms with Crippen molar-refractivity contribution in [2.75, 3.05) is 11.5 Å². The highest BCUT2D eigenvalue weighted by Crippen LogP contribution is 2.32. The van der Waals surface area contributed by atoms with Gasteiger partial charge in [0.05, 0.1) is 6.04 Å². The van der Waals surface area contributed by atoms with Crippen LogP contribution in [0, 0.1) is 11.7 Å². The van der Waals surface area contributed by atoms with E-state index >= 15 is 0 Å². The number of nitrogens with two attached hydrogens (primary N) is 1. The molecular formula is C15H18FNOS. The molecule has 1 unspecified atom stereocenters. The molecule has 0 radical (unpaired) electrons. The maximum Gasteiger partial charge on any atom is 0.169 e. The Morgan fingerprint density at radius 3 is 2.89 bits per heavy atom. The number of hydrogen-bond donors (Lipinski definition) is 1. The third-order valence-corrected chi connectivity index (χ3v) is 4.86. The quantitative estimate of drug-likeness (QED) is 0.919. The van der Waals surface area contributed by atoms with E-state index in [1.165, 1.54) is 30.4 Å². The molecule has 102 valence electrons. The second kappa shape index (κ2) is 5.55. The number of hydrogen-bond acceptors (Lipinski definition) is 3. The molecule has 2 N–H and O–H groups in total. The van der Waals surface area contributed by atoms with Gasteiger partial charge >= 0.3 is 0 Å². The summed E-state index contributed by atoms with van der Waals surface area (Å²) in [6.07, 6.45) is 3.39. The van der Waals surface area contributed by atoms with Gasteiger partial charge in [-0.05, 0) is 48.8 Å². The lowest BCUT2D eigenvalue weighted by Crippen LogP contribution is -2.18.